The molecule has 0 radical (unpaired) electrons. The van der Waals surface area contributed by atoms with Crippen LogP contribution in [0.5, 0.6) is 0 Å². The lowest BCUT2D eigenvalue weighted by Gasteiger charge is -2.14. The lowest BCUT2D eigenvalue weighted by Crippen LogP contribution is -2.35. The molecule has 2 atom stereocenters. The summed E-state index contributed by atoms with van der Waals surface area (Å²) in [7, 11) is 0. The molecule has 0 aromatic carbocycles. The van der Waals surface area contributed by atoms with E-state index in [1.165, 1.54) is 0 Å². The lowest BCUT2D eigenvalue weighted by molar-refractivity contribution is 0.271. The summed E-state index contributed by atoms with van der Waals surface area (Å²) in [5, 5.41) is 0. The van der Waals surface area contributed by atoms with Crippen molar-refractivity contribution in [2.45, 2.75) is 37.8 Å². The third-order valence-corrected chi connectivity index (χ3v) is 2.35. The fourth-order valence-electron chi connectivity index (χ4n) is 1.14. The quantitative estimate of drug-likeness (QED) is 0.444. The largest absolute Gasteiger partial charge is 0.368 e. The SMILES string of the molecule is CC1([C@@H](N)CCCCN)CO1. The van der Waals surface area contributed by atoms with Crippen molar-refractivity contribution in [3.63, 3.8) is 0 Å². The first kappa shape index (κ1) is 8.97. The second-order valence-corrected chi connectivity index (χ2v) is 3.49. The van der Waals surface area contributed by atoms with E-state index in [0.29, 0.717) is 0 Å². The van der Waals surface area contributed by atoms with Crippen molar-refractivity contribution in [2.24, 2.45) is 11.5 Å². The molecular weight excluding hydrogens is 140 g/mol. The Morgan fingerprint density at radius 2 is 2.18 bits per heavy atom. The van der Waals surface area contributed by atoms with Gasteiger partial charge in [0.25, 0.3) is 0 Å². The molecule has 1 fully saturated rings. The second kappa shape index (κ2) is 3.52. The monoisotopic (exact) mass is 158 g/mol. The van der Waals surface area contributed by atoms with Crippen molar-refractivity contribution in [2.75, 3.05) is 13.2 Å². The number of hydrogen-bond acceptors (Lipinski definition) is 3. The first-order valence-corrected chi connectivity index (χ1v) is 4.28. The van der Waals surface area contributed by atoms with E-state index < -0.39 is 0 Å². The third kappa shape index (κ3) is 2.43. The summed E-state index contributed by atoms with van der Waals surface area (Å²) in [6.07, 6.45) is 3.23. The number of hydrogen-bond donors (Lipinski definition) is 2. The standard InChI is InChI=1S/C8H18N2O/c1-8(6-11-8)7(10)4-2-3-5-9/h7H,2-6,9-10H2,1H3/t7-,8?/m0/s1. The van der Waals surface area contributed by atoms with Crippen LogP contribution in [0.2, 0.25) is 0 Å². The molecule has 1 aliphatic heterocycles. The van der Waals surface area contributed by atoms with Crippen molar-refractivity contribution in [3.8, 4) is 0 Å². The zero-order chi connectivity index (χ0) is 8.32. The van der Waals surface area contributed by atoms with Gasteiger partial charge in [-0.05, 0) is 26.3 Å². The molecule has 0 spiro atoms. The summed E-state index contributed by atoms with van der Waals surface area (Å²) in [6, 6.07) is 0.203. The molecule has 4 N–H and O–H groups in total. The number of unbranched alkanes of at least 4 members (excludes halogenated alkanes) is 1. The van der Waals surface area contributed by atoms with Gasteiger partial charge in [0.1, 0.15) is 5.60 Å². The van der Waals surface area contributed by atoms with Gasteiger partial charge in [-0.25, -0.2) is 0 Å². The highest BCUT2D eigenvalue weighted by Crippen LogP contribution is 2.30. The van der Waals surface area contributed by atoms with Crippen LogP contribution in [0.15, 0.2) is 0 Å². The molecule has 11 heavy (non-hydrogen) atoms. The molecule has 1 aliphatic rings. The van der Waals surface area contributed by atoms with E-state index in [9.17, 15) is 0 Å². The van der Waals surface area contributed by atoms with Gasteiger partial charge in [-0.15, -0.1) is 0 Å². The third-order valence-electron chi connectivity index (χ3n) is 2.35. The van der Waals surface area contributed by atoms with Crippen LogP contribution in [-0.2, 0) is 4.74 Å². The van der Waals surface area contributed by atoms with Crippen LogP contribution in [0.25, 0.3) is 0 Å². The van der Waals surface area contributed by atoms with E-state index >= 15 is 0 Å². The molecule has 0 aromatic heterocycles. The molecule has 0 bridgehead atoms. The maximum absolute atomic E-state index is 5.89. The first-order chi connectivity index (χ1) is 5.19. The van der Waals surface area contributed by atoms with E-state index in [1.54, 1.807) is 0 Å². The van der Waals surface area contributed by atoms with E-state index in [1.807, 2.05) is 0 Å². The minimum absolute atomic E-state index is 0.00536. The summed E-state index contributed by atoms with van der Waals surface area (Å²) >= 11 is 0. The Hall–Kier alpha value is -0.120. The Bertz CT molecular complexity index is 123. The number of rotatable bonds is 5. The highest BCUT2D eigenvalue weighted by Gasteiger charge is 2.44. The van der Waals surface area contributed by atoms with Gasteiger partial charge in [0.05, 0.1) is 6.61 Å². The molecule has 1 heterocycles. The van der Waals surface area contributed by atoms with Crippen LogP contribution < -0.4 is 11.5 Å². The number of epoxide rings is 1. The predicted octanol–water partition coefficient (Wildman–Crippen LogP) is 0.232. The summed E-state index contributed by atoms with van der Waals surface area (Å²) < 4.78 is 5.23. The van der Waals surface area contributed by atoms with Crippen LogP contribution in [0.4, 0.5) is 0 Å². The Balaban J connectivity index is 2.06. The molecule has 3 nitrogen and oxygen atoms in total. The number of nitrogens with two attached hydrogens (primary N) is 2. The van der Waals surface area contributed by atoms with Gasteiger partial charge in [0.15, 0.2) is 0 Å². The minimum atomic E-state index is -0.00536. The lowest BCUT2D eigenvalue weighted by atomic mass is 9.98. The molecule has 0 aromatic rings. The van der Waals surface area contributed by atoms with Crippen LogP contribution in [-0.4, -0.2) is 24.8 Å². The van der Waals surface area contributed by atoms with Gasteiger partial charge < -0.3 is 16.2 Å². The van der Waals surface area contributed by atoms with Crippen LogP contribution in [0.1, 0.15) is 26.2 Å². The van der Waals surface area contributed by atoms with E-state index in [4.69, 9.17) is 16.2 Å². The highest BCUT2D eigenvalue weighted by molar-refractivity contribution is 4.96. The topological polar surface area (TPSA) is 64.6 Å². The zero-order valence-electron chi connectivity index (χ0n) is 7.18. The molecule has 1 rings (SSSR count). The predicted molar refractivity (Wildman–Crippen MR) is 45.2 cm³/mol. The van der Waals surface area contributed by atoms with Gasteiger partial charge in [0, 0.05) is 6.04 Å². The average Bonchev–Trinajstić information content (AvgIpc) is 2.70. The van der Waals surface area contributed by atoms with Crippen molar-refractivity contribution in [1.82, 2.24) is 0 Å². The van der Waals surface area contributed by atoms with Crippen molar-refractivity contribution >= 4 is 0 Å². The van der Waals surface area contributed by atoms with Crippen molar-refractivity contribution in [1.29, 1.82) is 0 Å². The summed E-state index contributed by atoms with van der Waals surface area (Å²) in [5.74, 6) is 0. The van der Waals surface area contributed by atoms with E-state index in [-0.39, 0.29) is 11.6 Å². The normalized spacial score (nSPS) is 31.9. The molecular formula is C8H18N2O. The molecule has 66 valence electrons. The molecule has 0 aliphatic carbocycles. The molecule has 1 saturated heterocycles. The maximum Gasteiger partial charge on any atom is 0.104 e. The van der Waals surface area contributed by atoms with Gasteiger partial charge in [-0.2, -0.15) is 0 Å². The highest BCUT2D eigenvalue weighted by atomic mass is 16.6. The smallest absolute Gasteiger partial charge is 0.104 e. The zero-order valence-corrected chi connectivity index (χ0v) is 7.18. The van der Waals surface area contributed by atoms with Gasteiger partial charge in [-0.3, -0.25) is 0 Å². The van der Waals surface area contributed by atoms with Crippen LogP contribution in [0.3, 0.4) is 0 Å². The van der Waals surface area contributed by atoms with Gasteiger partial charge in [0.2, 0.25) is 0 Å². The van der Waals surface area contributed by atoms with E-state index in [0.717, 1.165) is 32.4 Å². The Kier molecular flexibility index (Phi) is 2.87. The second-order valence-electron chi connectivity index (χ2n) is 3.49. The maximum atomic E-state index is 5.89. The fraction of sp³-hybridized carbons (Fsp3) is 1.00. The molecule has 0 amide bonds. The molecule has 0 saturated carbocycles. The minimum Gasteiger partial charge on any atom is -0.368 e. The Morgan fingerprint density at radius 3 is 2.64 bits per heavy atom. The fourth-order valence-corrected chi connectivity index (χ4v) is 1.14. The van der Waals surface area contributed by atoms with Crippen LogP contribution in [0, 0.1) is 0 Å². The van der Waals surface area contributed by atoms with Crippen LogP contribution >= 0.6 is 0 Å². The number of ether oxygens (including phenoxy) is 1. The Morgan fingerprint density at radius 1 is 1.55 bits per heavy atom. The molecule has 3 heteroatoms. The van der Waals surface area contributed by atoms with Crippen molar-refractivity contribution in [3.05, 3.63) is 0 Å². The summed E-state index contributed by atoms with van der Waals surface area (Å²) in [4.78, 5) is 0. The van der Waals surface area contributed by atoms with Gasteiger partial charge >= 0.3 is 0 Å². The van der Waals surface area contributed by atoms with Crippen molar-refractivity contribution < 1.29 is 4.74 Å². The first-order valence-electron chi connectivity index (χ1n) is 4.28. The molecule has 1 unspecified atom stereocenters. The van der Waals surface area contributed by atoms with Gasteiger partial charge in [-0.1, -0.05) is 6.42 Å². The van der Waals surface area contributed by atoms with E-state index in [2.05, 4.69) is 6.92 Å². The summed E-state index contributed by atoms with van der Waals surface area (Å²) in [6.45, 7) is 3.67. The Labute approximate surface area is 68.1 Å². The average molecular weight is 158 g/mol. The summed E-state index contributed by atoms with van der Waals surface area (Å²) in [5.41, 5.74) is 11.3.